The smallest absolute Gasteiger partial charge is 0.216 e. The molecule has 8 heteroatoms. The Labute approximate surface area is 93.7 Å². The zero-order valence-electron chi connectivity index (χ0n) is 8.72. The van der Waals surface area contributed by atoms with Gasteiger partial charge in [0.1, 0.15) is 0 Å². The van der Waals surface area contributed by atoms with E-state index in [2.05, 4.69) is 24.7 Å². The van der Waals surface area contributed by atoms with Gasteiger partial charge in [-0.15, -0.1) is 0 Å². The third-order valence-electron chi connectivity index (χ3n) is 2.53. The zero-order chi connectivity index (χ0) is 11.4. The SMILES string of the molecule is O=S(=O)(NCc1ncon1)C1CCCNC1. The highest BCUT2D eigenvalue weighted by Crippen LogP contribution is 2.10. The molecule has 1 aromatic rings. The topological polar surface area (TPSA) is 97.1 Å². The number of piperidine rings is 1. The van der Waals surface area contributed by atoms with E-state index in [0.717, 1.165) is 13.0 Å². The van der Waals surface area contributed by atoms with Crippen LogP contribution in [0.15, 0.2) is 10.9 Å². The molecule has 0 aliphatic carbocycles. The molecule has 1 aliphatic rings. The Morgan fingerprint density at radius 1 is 1.62 bits per heavy atom. The molecule has 1 atom stereocenters. The van der Waals surface area contributed by atoms with Crippen molar-refractivity contribution in [1.29, 1.82) is 0 Å². The van der Waals surface area contributed by atoms with Crippen molar-refractivity contribution in [2.45, 2.75) is 24.6 Å². The van der Waals surface area contributed by atoms with Crippen LogP contribution in [-0.4, -0.2) is 36.9 Å². The van der Waals surface area contributed by atoms with Crippen molar-refractivity contribution in [3.05, 3.63) is 12.2 Å². The monoisotopic (exact) mass is 246 g/mol. The van der Waals surface area contributed by atoms with Gasteiger partial charge in [0.25, 0.3) is 0 Å². The second kappa shape index (κ2) is 4.89. The first kappa shape index (κ1) is 11.5. The Balaban J connectivity index is 1.91. The maximum Gasteiger partial charge on any atom is 0.216 e. The van der Waals surface area contributed by atoms with Crippen molar-refractivity contribution >= 4 is 10.0 Å². The summed E-state index contributed by atoms with van der Waals surface area (Å²) in [5.74, 6) is 0.340. The summed E-state index contributed by atoms with van der Waals surface area (Å²) >= 11 is 0. The van der Waals surface area contributed by atoms with Crippen LogP contribution in [0.5, 0.6) is 0 Å². The van der Waals surface area contributed by atoms with Crippen molar-refractivity contribution in [3.8, 4) is 0 Å². The fraction of sp³-hybridized carbons (Fsp3) is 0.750. The second-order valence-corrected chi connectivity index (χ2v) is 5.73. The van der Waals surface area contributed by atoms with Crippen LogP contribution in [0.1, 0.15) is 18.7 Å². The fourth-order valence-electron chi connectivity index (χ4n) is 1.64. The summed E-state index contributed by atoms with van der Waals surface area (Å²) in [5, 5.41) is 6.23. The summed E-state index contributed by atoms with van der Waals surface area (Å²) in [6.07, 6.45) is 2.74. The molecule has 16 heavy (non-hydrogen) atoms. The van der Waals surface area contributed by atoms with Crippen LogP contribution < -0.4 is 10.0 Å². The van der Waals surface area contributed by atoms with Gasteiger partial charge in [0.2, 0.25) is 16.4 Å². The van der Waals surface area contributed by atoms with E-state index in [-0.39, 0.29) is 11.8 Å². The Bertz CT molecular complexity index is 411. The number of hydrogen-bond donors (Lipinski definition) is 2. The molecule has 2 N–H and O–H groups in total. The second-order valence-electron chi connectivity index (χ2n) is 3.68. The van der Waals surface area contributed by atoms with E-state index in [9.17, 15) is 8.42 Å². The summed E-state index contributed by atoms with van der Waals surface area (Å²) in [6, 6.07) is 0. The molecule has 2 heterocycles. The van der Waals surface area contributed by atoms with Crippen molar-refractivity contribution in [2.75, 3.05) is 13.1 Å². The first-order valence-corrected chi connectivity index (χ1v) is 6.67. The van der Waals surface area contributed by atoms with Gasteiger partial charge in [-0.1, -0.05) is 5.16 Å². The van der Waals surface area contributed by atoms with Gasteiger partial charge < -0.3 is 9.84 Å². The quantitative estimate of drug-likeness (QED) is 0.725. The third-order valence-corrected chi connectivity index (χ3v) is 4.36. The molecule has 1 unspecified atom stereocenters. The van der Waals surface area contributed by atoms with Crippen LogP contribution in [0, 0.1) is 0 Å². The molecule has 0 aromatic carbocycles. The molecular formula is C8H14N4O3S. The van der Waals surface area contributed by atoms with Gasteiger partial charge in [0.05, 0.1) is 11.8 Å². The lowest BCUT2D eigenvalue weighted by Crippen LogP contribution is -2.44. The average molecular weight is 246 g/mol. The molecule has 1 saturated heterocycles. The van der Waals surface area contributed by atoms with E-state index < -0.39 is 10.0 Å². The largest absolute Gasteiger partial charge is 0.343 e. The highest BCUT2D eigenvalue weighted by atomic mass is 32.2. The minimum atomic E-state index is -3.29. The molecule has 0 saturated carbocycles. The number of aromatic nitrogens is 2. The number of hydrogen-bond acceptors (Lipinski definition) is 6. The van der Waals surface area contributed by atoms with E-state index in [1.54, 1.807) is 0 Å². The van der Waals surface area contributed by atoms with E-state index in [0.29, 0.717) is 18.8 Å². The molecule has 90 valence electrons. The normalized spacial score (nSPS) is 22.1. The molecule has 1 aromatic heterocycles. The third kappa shape index (κ3) is 2.77. The summed E-state index contributed by atoms with van der Waals surface area (Å²) in [5.41, 5.74) is 0. The van der Waals surface area contributed by atoms with Crippen LogP contribution in [0.3, 0.4) is 0 Å². The van der Waals surface area contributed by atoms with E-state index >= 15 is 0 Å². The van der Waals surface area contributed by atoms with Crippen molar-refractivity contribution in [1.82, 2.24) is 20.2 Å². The lowest BCUT2D eigenvalue weighted by Gasteiger charge is -2.22. The van der Waals surface area contributed by atoms with E-state index in [1.807, 2.05) is 0 Å². The first-order chi connectivity index (χ1) is 7.68. The maximum atomic E-state index is 11.8. The Morgan fingerprint density at radius 2 is 2.50 bits per heavy atom. The van der Waals surface area contributed by atoms with E-state index in [1.165, 1.54) is 6.39 Å². The highest BCUT2D eigenvalue weighted by Gasteiger charge is 2.26. The molecule has 0 spiro atoms. The standard InChI is InChI=1S/C8H14N4O3S/c13-16(14,7-2-1-3-9-4-7)11-5-8-10-6-15-12-8/h6-7,9,11H,1-5H2. The Kier molecular flexibility index (Phi) is 3.52. The lowest BCUT2D eigenvalue weighted by atomic mass is 10.2. The van der Waals surface area contributed by atoms with Crippen molar-refractivity contribution in [2.24, 2.45) is 0 Å². The number of sulfonamides is 1. The minimum Gasteiger partial charge on any atom is -0.343 e. The molecule has 2 rings (SSSR count). The molecule has 0 bridgehead atoms. The predicted molar refractivity (Wildman–Crippen MR) is 55.9 cm³/mol. The molecular weight excluding hydrogens is 232 g/mol. The van der Waals surface area contributed by atoms with Gasteiger partial charge in [-0.3, -0.25) is 0 Å². The molecule has 1 fully saturated rings. The van der Waals surface area contributed by atoms with Crippen LogP contribution >= 0.6 is 0 Å². The maximum absolute atomic E-state index is 11.8. The van der Waals surface area contributed by atoms with Gasteiger partial charge in [-0.2, -0.15) is 4.98 Å². The van der Waals surface area contributed by atoms with E-state index in [4.69, 9.17) is 0 Å². The van der Waals surface area contributed by atoms with Gasteiger partial charge in [-0.25, -0.2) is 13.1 Å². The van der Waals surface area contributed by atoms with Crippen LogP contribution in [0.2, 0.25) is 0 Å². The number of nitrogens with one attached hydrogen (secondary N) is 2. The Hall–Kier alpha value is -0.990. The summed E-state index contributed by atoms with van der Waals surface area (Å²) in [7, 11) is -3.29. The van der Waals surface area contributed by atoms with Crippen molar-refractivity contribution < 1.29 is 12.9 Å². The average Bonchev–Trinajstić information content (AvgIpc) is 2.81. The lowest BCUT2D eigenvalue weighted by molar-refractivity contribution is 0.409. The highest BCUT2D eigenvalue weighted by molar-refractivity contribution is 7.90. The predicted octanol–water partition coefficient (Wildman–Crippen LogP) is -0.759. The summed E-state index contributed by atoms with van der Waals surface area (Å²) in [6.45, 7) is 1.47. The molecule has 0 amide bonds. The molecule has 0 radical (unpaired) electrons. The molecule has 7 nitrogen and oxygen atoms in total. The summed E-state index contributed by atoms with van der Waals surface area (Å²) in [4.78, 5) is 3.74. The van der Waals surface area contributed by atoms with Gasteiger partial charge in [0, 0.05) is 6.54 Å². The zero-order valence-corrected chi connectivity index (χ0v) is 9.53. The van der Waals surface area contributed by atoms with Crippen LogP contribution in [0.4, 0.5) is 0 Å². The Morgan fingerprint density at radius 3 is 3.12 bits per heavy atom. The molecule has 1 aliphatic heterocycles. The first-order valence-electron chi connectivity index (χ1n) is 5.13. The summed E-state index contributed by atoms with van der Waals surface area (Å²) < 4.78 is 30.7. The number of rotatable bonds is 4. The van der Waals surface area contributed by atoms with Gasteiger partial charge >= 0.3 is 0 Å². The van der Waals surface area contributed by atoms with Crippen LogP contribution in [0.25, 0.3) is 0 Å². The van der Waals surface area contributed by atoms with Crippen molar-refractivity contribution in [3.63, 3.8) is 0 Å². The van der Waals surface area contributed by atoms with Crippen LogP contribution in [-0.2, 0) is 16.6 Å². The van der Waals surface area contributed by atoms with Gasteiger partial charge in [0.15, 0.2) is 5.82 Å². The van der Waals surface area contributed by atoms with Gasteiger partial charge in [-0.05, 0) is 19.4 Å². The minimum absolute atomic E-state index is 0.0787. The fourth-order valence-corrected chi connectivity index (χ4v) is 3.02. The number of nitrogens with zero attached hydrogens (tertiary/aromatic N) is 2.